The van der Waals surface area contributed by atoms with Crippen molar-refractivity contribution in [1.82, 2.24) is 5.32 Å². The Labute approximate surface area is 129 Å². The molecule has 2 N–H and O–H groups in total. The maximum atomic E-state index is 13.5. The summed E-state index contributed by atoms with van der Waals surface area (Å²) in [6, 6.07) is 8.65. The van der Waals surface area contributed by atoms with Gasteiger partial charge in [-0.2, -0.15) is 0 Å². The fraction of sp³-hybridized carbons (Fsp3) is 0.188. The number of aliphatic hydroxyl groups excluding tert-OH is 1. The minimum Gasteiger partial charge on any atom is -0.396 e. The van der Waals surface area contributed by atoms with Gasteiger partial charge in [0.1, 0.15) is 5.56 Å². The molecule has 7 heteroatoms. The molecule has 1 atom stereocenters. The predicted molar refractivity (Wildman–Crippen MR) is 74.9 cm³/mol. The monoisotopic (exact) mass is 327 g/mol. The van der Waals surface area contributed by atoms with Crippen LogP contribution >= 0.6 is 0 Å². The van der Waals surface area contributed by atoms with Crippen LogP contribution in [0.15, 0.2) is 36.4 Å². The second kappa shape index (κ2) is 7.23. The molecule has 0 unspecified atom stereocenters. The summed E-state index contributed by atoms with van der Waals surface area (Å²) in [5, 5.41) is 11.5. The molecule has 0 aliphatic rings. The van der Waals surface area contributed by atoms with Crippen LogP contribution in [0.5, 0.6) is 0 Å². The van der Waals surface area contributed by atoms with Crippen LogP contribution in [0, 0.1) is 23.3 Å². The van der Waals surface area contributed by atoms with E-state index >= 15 is 0 Å². The molecular weight excluding hydrogens is 314 g/mol. The molecule has 2 aromatic carbocycles. The fourth-order valence-electron chi connectivity index (χ4n) is 2.09. The second-order valence-corrected chi connectivity index (χ2v) is 4.84. The third kappa shape index (κ3) is 3.68. The second-order valence-electron chi connectivity index (χ2n) is 4.84. The zero-order valence-electron chi connectivity index (χ0n) is 11.8. The van der Waals surface area contributed by atoms with Gasteiger partial charge in [-0.25, -0.2) is 17.6 Å². The van der Waals surface area contributed by atoms with E-state index in [9.17, 15) is 27.5 Å². The third-order valence-electron chi connectivity index (χ3n) is 3.34. The lowest BCUT2D eigenvalue weighted by atomic mass is 10.00. The Hall–Kier alpha value is -2.41. The van der Waals surface area contributed by atoms with Crippen LogP contribution in [0.4, 0.5) is 17.6 Å². The molecule has 0 spiro atoms. The first-order valence-electron chi connectivity index (χ1n) is 6.72. The highest BCUT2D eigenvalue weighted by Gasteiger charge is 2.25. The van der Waals surface area contributed by atoms with Crippen LogP contribution in [0.2, 0.25) is 0 Å². The van der Waals surface area contributed by atoms with Gasteiger partial charge in [-0.15, -0.1) is 0 Å². The molecule has 0 aliphatic carbocycles. The Morgan fingerprint density at radius 3 is 2.13 bits per heavy atom. The summed E-state index contributed by atoms with van der Waals surface area (Å²) in [7, 11) is 0. The predicted octanol–water partition coefficient (Wildman–Crippen LogP) is 2.75. The number of hydrogen-bond acceptors (Lipinski definition) is 2. The van der Waals surface area contributed by atoms with Crippen molar-refractivity contribution in [3.05, 3.63) is 70.8 Å². The van der Waals surface area contributed by atoms with E-state index in [0.29, 0.717) is 5.56 Å². The van der Waals surface area contributed by atoms with Gasteiger partial charge in [0, 0.05) is 18.5 Å². The summed E-state index contributed by atoms with van der Waals surface area (Å²) in [5.74, 6) is -8.66. The number of carbonyl (C=O) groups is 1. The summed E-state index contributed by atoms with van der Waals surface area (Å²) in [5.41, 5.74) is -0.631. The van der Waals surface area contributed by atoms with Crippen molar-refractivity contribution in [2.24, 2.45) is 0 Å². The number of benzene rings is 2. The zero-order chi connectivity index (χ0) is 17.0. The van der Waals surface area contributed by atoms with Crippen LogP contribution in [0.25, 0.3) is 0 Å². The van der Waals surface area contributed by atoms with Gasteiger partial charge in [0.25, 0.3) is 5.91 Å². The normalized spacial score (nSPS) is 12.0. The highest BCUT2D eigenvalue weighted by atomic mass is 19.2. The molecule has 122 valence electrons. The summed E-state index contributed by atoms with van der Waals surface area (Å²) in [4.78, 5) is 11.8. The van der Waals surface area contributed by atoms with Gasteiger partial charge in [0.15, 0.2) is 23.3 Å². The smallest absolute Gasteiger partial charge is 0.257 e. The van der Waals surface area contributed by atoms with E-state index in [1.807, 2.05) is 0 Å². The van der Waals surface area contributed by atoms with Crippen molar-refractivity contribution in [2.45, 2.75) is 5.92 Å². The van der Waals surface area contributed by atoms with Crippen LogP contribution in [-0.4, -0.2) is 24.2 Å². The quantitative estimate of drug-likeness (QED) is 0.655. The van der Waals surface area contributed by atoms with E-state index in [1.165, 1.54) is 0 Å². The minimum atomic E-state index is -1.76. The molecule has 3 nitrogen and oxygen atoms in total. The van der Waals surface area contributed by atoms with Crippen LogP contribution < -0.4 is 5.32 Å². The molecule has 0 bridgehead atoms. The number of rotatable bonds is 5. The van der Waals surface area contributed by atoms with Crippen molar-refractivity contribution >= 4 is 5.91 Å². The lowest BCUT2D eigenvalue weighted by Gasteiger charge is -2.16. The topological polar surface area (TPSA) is 49.3 Å². The number of carbonyl (C=O) groups excluding carboxylic acids is 1. The van der Waals surface area contributed by atoms with Crippen LogP contribution in [0.3, 0.4) is 0 Å². The first kappa shape index (κ1) is 17.0. The summed E-state index contributed by atoms with van der Waals surface area (Å²) >= 11 is 0. The first-order chi connectivity index (χ1) is 11.0. The van der Waals surface area contributed by atoms with Crippen molar-refractivity contribution in [2.75, 3.05) is 13.2 Å². The SMILES string of the molecule is O=C(NC[C@H](CO)c1ccccc1)c1c(F)c(F)cc(F)c1F. The van der Waals surface area contributed by atoms with Crippen LogP contribution in [-0.2, 0) is 0 Å². The average molecular weight is 327 g/mol. The highest BCUT2D eigenvalue weighted by molar-refractivity contribution is 5.94. The Morgan fingerprint density at radius 2 is 1.61 bits per heavy atom. The average Bonchev–Trinajstić information content (AvgIpc) is 2.55. The standard InChI is InChI=1S/C16H13F4NO2/c17-11-6-12(18)15(20)13(14(11)19)16(23)21-7-10(8-22)9-4-2-1-3-5-9/h1-6,10,22H,7-8H2,(H,21,23)/t10-/m1/s1. The van der Waals surface area contributed by atoms with E-state index in [0.717, 1.165) is 0 Å². The molecule has 0 heterocycles. The van der Waals surface area contributed by atoms with Crippen molar-refractivity contribution < 1.29 is 27.5 Å². The molecule has 0 fully saturated rings. The number of nitrogens with one attached hydrogen (secondary N) is 1. The van der Waals surface area contributed by atoms with Crippen molar-refractivity contribution in [1.29, 1.82) is 0 Å². The lowest BCUT2D eigenvalue weighted by Crippen LogP contribution is -2.31. The number of halogens is 4. The molecule has 0 radical (unpaired) electrons. The molecule has 2 aromatic rings. The van der Waals surface area contributed by atoms with E-state index in [1.54, 1.807) is 30.3 Å². The Kier molecular flexibility index (Phi) is 5.33. The molecular formula is C16H13F4NO2. The molecule has 1 amide bonds. The molecule has 0 saturated carbocycles. The van der Waals surface area contributed by atoms with E-state index in [-0.39, 0.29) is 19.2 Å². The summed E-state index contributed by atoms with van der Waals surface area (Å²) < 4.78 is 53.3. The summed E-state index contributed by atoms with van der Waals surface area (Å²) in [6.45, 7) is -0.483. The van der Waals surface area contributed by atoms with Gasteiger partial charge < -0.3 is 10.4 Å². The fourth-order valence-corrected chi connectivity index (χ4v) is 2.09. The maximum Gasteiger partial charge on any atom is 0.257 e. The number of hydrogen-bond donors (Lipinski definition) is 2. The molecule has 0 saturated heterocycles. The minimum absolute atomic E-state index is 0.0297. The summed E-state index contributed by atoms with van der Waals surface area (Å²) in [6.07, 6.45) is 0. The van der Waals surface area contributed by atoms with E-state index < -0.39 is 40.7 Å². The number of aliphatic hydroxyl groups is 1. The molecule has 0 aromatic heterocycles. The molecule has 23 heavy (non-hydrogen) atoms. The number of amides is 1. The van der Waals surface area contributed by atoms with Gasteiger partial charge in [-0.1, -0.05) is 30.3 Å². The Bertz CT molecular complexity index is 681. The van der Waals surface area contributed by atoms with Gasteiger partial charge in [0.05, 0.1) is 6.61 Å². The van der Waals surface area contributed by atoms with Gasteiger partial charge in [-0.05, 0) is 5.56 Å². The Balaban J connectivity index is 2.17. The Morgan fingerprint density at radius 1 is 1.04 bits per heavy atom. The molecule has 2 rings (SSSR count). The lowest BCUT2D eigenvalue weighted by molar-refractivity contribution is 0.0936. The van der Waals surface area contributed by atoms with Crippen molar-refractivity contribution in [3.63, 3.8) is 0 Å². The third-order valence-corrected chi connectivity index (χ3v) is 3.34. The van der Waals surface area contributed by atoms with Gasteiger partial charge in [0.2, 0.25) is 0 Å². The largest absolute Gasteiger partial charge is 0.396 e. The first-order valence-corrected chi connectivity index (χ1v) is 6.72. The van der Waals surface area contributed by atoms with Crippen molar-refractivity contribution in [3.8, 4) is 0 Å². The highest BCUT2D eigenvalue weighted by Crippen LogP contribution is 2.20. The maximum absolute atomic E-state index is 13.5. The van der Waals surface area contributed by atoms with E-state index in [2.05, 4.69) is 5.32 Å². The van der Waals surface area contributed by atoms with E-state index in [4.69, 9.17) is 0 Å². The molecule has 0 aliphatic heterocycles. The van der Waals surface area contributed by atoms with Crippen LogP contribution in [0.1, 0.15) is 21.8 Å². The van der Waals surface area contributed by atoms with Gasteiger partial charge in [-0.3, -0.25) is 4.79 Å². The zero-order valence-corrected chi connectivity index (χ0v) is 11.8. The van der Waals surface area contributed by atoms with Gasteiger partial charge >= 0.3 is 0 Å².